The molecule has 0 aliphatic heterocycles. The van der Waals surface area contributed by atoms with Crippen molar-refractivity contribution in [2.45, 2.75) is 6.92 Å². The molecule has 0 aliphatic carbocycles. The summed E-state index contributed by atoms with van der Waals surface area (Å²) in [6, 6.07) is 10.5. The van der Waals surface area contributed by atoms with Crippen LogP contribution in [-0.2, 0) is 0 Å². The zero-order chi connectivity index (χ0) is 17.8. The van der Waals surface area contributed by atoms with E-state index in [1.807, 2.05) is 31.2 Å². The van der Waals surface area contributed by atoms with Gasteiger partial charge in [0.25, 0.3) is 5.91 Å². The molecule has 0 saturated heterocycles. The summed E-state index contributed by atoms with van der Waals surface area (Å²) in [5, 5.41) is 5.40. The van der Waals surface area contributed by atoms with Crippen LogP contribution in [0.1, 0.15) is 15.9 Å². The van der Waals surface area contributed by atoms with Gasteiger partial charge in [-0.2, -0.15) is 0 Å². The molecule has 0 unspecified atom stereocenters. The van der Waals surface area contributed by atoms with Gasteiger partial charge in [0.05, 0.1) is 11.3 Å². The molecule has 2 aromatic carbocycles. The molecule has 25 heavy (non-hydrogen) atoms. The van der Waals surface area contributed by atoms with Gasteiger partial charge >= 0.3 is 0 Å². The van der Waals surface area contributed by atoms with Crippen molar-refractivity contribution in [2.75, 3.05) is 10.6 Å². The first kappa shape index (κ1) is 16.5. The van der Waals surface area contributed by atoms with E-state index >= 15 is 0 Å². The van der Waals surface area contributed by atoms with Gasteiger partial charge in [-0.1, -0.05) is 18.2 Å². The van der Waals surface area contributed by atoms with Crippen molar-refractivity contribution < 1.29 is 13.6 Å². The molecule has 7 heteroatoms. The Labute approximate surface area is 142 Å². The summed E-state index contributed by atoms with van der Waals surface area (Å²) in [5.41, 5.74) is 1.92. The average Bonchev–Trinajstić information content (AvgIpc) is 2.60. The predicted octanol–water partition coefficient (Wildman–Crippen LogP) is 4.06. The molecule has 0 spiro atoms. The van der Waals surface area contributed by atoms with Crippen LogP contribution in [0.5, 0.6) is 0 Å². The fourth-order valence-electron chi connectivity index (χ4n) is 2.13. The second-order valence-electron chi connectivity index (χ2n) is 5.31. The number of amides is 1. The van der Waals surface area contributed by atoms with Crippen LogP contribution >= 0.6 is 0 Å². The Hall–Kier alpha value is -3.35. The second kappa shape index (κ2) is 7.04. The lowest BCUT2D eigenvalue weighted by atomic mass is 10.2. The van der Waals surface area contributed by atoms with Gasteiger partial charge < -0.3 is 10.6 Å². The minimum atomic E-state index is -0.855. The summed E-state index contributed by atoms with van der Waals surface area (Å²) in [7, 11) is 0. The van der Waals surface area contributed by atoms with E-state index in [4.69, 9.17) is 0 Å². The number of aryl methyl sites for hydroxylation is 1. The van der Waals surface area contributed by atoms with Gasteiger partial charge in [0, 0.05) is 24.1 Å². The number of nitrogens with zero attached hydrogens (tertiary/aromatic N) is 2. The molecule has 5 nitrogen and oxygen atoms in total. The lowest BCUT2D eigenvalue weighted by Gasteiger charge is -2.09. The highest BCUT2D eigenvalue weighted by Crippen LogP contribution is 2.18. The number of hydrogen-bond donors (Lipinski definition) is 2. The Bertz CT molecular complexity index is 913. The van der Waals surface area contributed by atoms with Crippen LogP contribution in [0, 0.1) is 18.6 Å². The van der Waals surface area contributed by atoms with Crippen LogP contribution in [0.3, 0.4) is 0 Å². The lowest BCUT2D eigenvalue weighted by molar-refractivity contribution is 0.102. The Balaban J connectivity index is 1.71. The fraction of sp³-hybridized carbons (Fsp3) is 0.0556. The van der Waals surface area contributed by atoms with Crippen LogP contribution < -0.4 is 10.6 Å². The highest BCUT2D eigenvalue weighted by atomic mass is 19.1. The third-order valence-electron chi connectivity index (χ3n) is 3.48. The summed E-state index contributed by atoms with van der Waals surface area (Å²) in [6.07, 6.45) is 2.65. The molecule has 0 fully saturated rings. The van der Waals surface area contributed by atoms with E-state index in [1.165, 1.54) is 12.4 Å². The Morgan fingerprint density at radius 2 is 1.72 bits per heavy atom. The number of aromatic nitrogens is 2. The first-order valence-corrected chi connectivity index (χ1v) is 7.44. The van der Waals surface area contributed by atoms with Crippen molar-refractivity contribution in [1.29, 1.82) is 0 Å². The molecule has 3 aromatic rings. The summed E-state index contributed by atoms with van der Waals surface area (Å²) in [6.45, 7) is 1.95. The first-order chi connectivity index (χ1) is 12.0. The predicted molar refractivity (Wildman–Crippen MR) is 90.8 cm³/mol. The van der Waals surface area contributed by atoms with Gasteiger partial charge in [-0.05, 0) is 30.7 Å². The SMILES string of the molecule is Cc1ccccc1Nc1ncc(C(=O)Nc2ccc(F)cc2F)cn1. The molecule has 2 N–H and O–H groups in total. The Morgan fingerprint density at radius 3 is 2.40 bits per heavy atom. The number of halogens is 2. The first-order valence-electron chi connectivity index (χ1n) is 7.44. The molecule has 1 aromatic heterocycles. The van der Waals surface area contributed by atoms with Crippen LogP contribution in [0.15, 0.2) is 54.9 Å². The van der Waals surface area contributed by atoms with E-state index in [2.05, 4.69) is 20.6 Å². The van der Waals surface area contributed by atoms with Crippen LogP contribution in [0.4, 0.5) is 26.1 Å². The third-order valence-corrected chi connectivity index (χ3v) is 3.48. The van der Waals surface area contributed by atoms with Gasteiger partial charge in [-0.3, -0.25) is 4.79 Å². The highest BCUT2D eigenvalue weighted by Gasteiger charge is 2.11. The molecule has 0 aliphatic rings. The average molecular weight is 340 g/mol. The van der Waals surface area contributed by atoms with Crippen LogP contribution in [-0.4, -0.2) is 15.9 Å². The molecule has 0 bridgehead atoms. The van der Waals surface area contributed by atoms with E-state index in [0.29, 0.717) is 12.0 Å². The topological polar surface area (TPSA) is 66.9 Å². The van der Waals surface area contributed by atoms with Crippen molar-refractivity contribution in [3.8, 4) is 0 Å². The summed E-state index contributed by atoms with van der Waals surface area (Å²) < 4.78 is 26.5. The fourth-order valence-corrected chi connectivity index (χ4v) is 2.13. The summed E-state index contributed by atoms with van der Waals surface area (Å²) in [4.78, 5) is 20.3. The molecule has 3 rings (SSSR count). The van der Waals surface area contributed by atoms with E-state index in [1.54, 1.807) is 0 Å². The molecular weight excluding hydrogens is 326 g/mol. The van der Waals surface area contributed by atoms with E-state index < -0.39 is 17.5 Å². The van der Waals surface area contributed by atoms with Gasteiger partial charge in [-0.15, -0.1) is 0 Å². The van der Waals surface area contributed by atoms with Gasteiger partial charge in [-0.25, -0.2) is 18.7 Å². The van der Waals surface area contributed by atoms with Crippen molar-refractivity contribution in [2.24, 2.45) is 0 Å². The van der Waals surface area contributed by atoms with Crippen LogP contribution in [0.2, 0.25) is 0 Å². The van der Waals surface area contributed by atoms with E-state index in [-0.39, 0.29) is 11.3 Å². The number of rotatable bonds is 4. The lowest BCUT2D eigenvalue weighted by Crippen LogP contribution is -2.14. The minimum absolute atomic E-state index is 0.117. The van der Waals surface area contributed by atoms with Gasteiger partial charge in [0.15, 0.2) is 0 Å². The Kier molecular flexibility index (Phi) is 4.65. The second-order valence-corrected chi connectivity index (χ2v) is 5.31. The summed E-state index contributed by atoms with van der Waals surface area (Å²) in [5.74, 6) is -1.83. The molecule has 0 saturated carbocycles. The number of para-hydroxylation sites is 1. The normalized spacial score (nSPS) is 10.4. The summed E-state index contributed by atoms with van der Waals surface area (Å²) >= 11 is 0. The number of nitrogens with one attached hydrogen (secondary N) is 2. The maximum atomic E-state index is 13.6. The van der Waals surface area contributed by atoms with Crippen molar-refractivity contribution in [3.05, 3.63) is 77.6 Å². The Morgan fingerprint density at radius 1 is 1.00 bits per heavy atom. The van der Waals surface area contributed by atoms with E-state index in [9.17, 15) is 13.6 Å². The molecule has 0 radical (unpaired) electrons. The van der Waals surface area contributed by atoms with Gasteiger partial charge in [0.2, 0.25) is 5.95 Å². The molecule has 126 valence electrons. The number of carbonyl (C=O) groups is 1. The van der Waals surface area contributed by atoms with Gasteiger partial charge in [0.1, 0.15) is 11.6 Å². The molecular formula is C18H14F2N4O. The molecule has 1 amide bonds. The maximum Gasteiger partial charge on any atom is 0.258 e. The monoisotopic (exact) mass is 340 g/mol. The molecule has 0 atom stereocenters. The van der Waals surface area contributed by atoms with Crippen LogP contribution in [0.25, 0.3) is 0 Å². The zero-order valence-electron chi connectivity index (χ0n) is 13.3. The van der Waals surface area contributed by atoms with E-state index in [0.717, 1.165) is 23.4 Å². The van der Waals surface area contributed by atoms with Crippen molar-refractivity contribution in [1.82, 2.24) is 9.97 Å². The standard InChI is InChI=1S/C18H14F2N4O/c1-11-4-2-3-5-15(11)24-18-21-9-12(10-22-18)17(25)23-16-7-6-13(19)8-14(16)20/h2-10H,1H3,(H,23,25)(H,21,22,24). The number of carbonyl (C=O) groups excluding carboxylic acids is 1. The van der Waals surface area contributed by atoms with Crippen molar-refractivity contribution in [3.63, 3.8) is 0 Å². The number of anilines is 3. The zero-order valence-corrected chi connectivity index (χ0v) is 13.3. The molecule has 1 heterocycles. The highest BCUT2D eigenvalue weighted by molar-refractivity contribution is 6.03. The smallest absolute Gasteiger partial charge is 0.258 e. The van der Waals surface area contributed by atoms with Crippen molar-refractivity contribution >= 4 is 23.2 Å². The largest absolute Gasteiger partial charge is 0.324 e. The minimum Gasteiger partial charge on any atom is -0.324 e. The maximum absolute atomic E-state index is 13.6. The third kappa shape index (κ3) is 3.95. The number of hydrogen-bond acceptors (Lipinski definition) is 4. The quantitative estimate of drug-likeness (QED) is 0.752. The number of benzene rings is 2.